The highest BCUT2D eigenvalue weighted by molar-refractivity contribution is 6.09. The fourth-order valence-corrected chi connectivity index (χ4v) is 7.04. The van der Waals surface area contributed by atoms with Crippen molar-refractivity contribution in [3.05, 3.63) is 119 Å². The molecule has 230 valence electrons. The number of fused-ring (bicyclic) bond motifs is 6. The molecule has 4 aromatic carbocycles. The number of aliphatic imine (C=N–C) groups is 2. The molecular weight excluding hydrogens is 572 g/mol. The van der Waals surface area contributed by atoms with E-state index >= 15 is 0 Å². The lowest BCUT2D eigenvalue weighted by Crippen LogP contribution is -2.20. The number of aromatic nitrogens is 2. The number of para-hydroxylation sites is 1. The summed E-state index contributed by atoms with van der Waals surface area (Å²) in [6, 6.07) is 31.0. The van der Waals surface area contributed by atoms with Gasteiger partial charge in [-0.1, -0.05) is 30.3 Å². The molecule has 4 heterocycles. The fourth-order valence-electron chi connectivity index (χ4n) is 7.04. The summed E-state index contributed by atoms with van der Waals surface area (Å²) < 4.78 is 17.2. The first-order chi connectivity index (χ1) is 22.7. The van der Waals surface area contributed by atoms with Crippen LogP contribution in [0.25, 0.3) is 21.8 Å². The van der Waals surface area contributed by atoms with Crippen molar-refractivity contribution in [3.63, 3.8) is 0 Å². The highest BCUT2D eigenvalue weighted by Gasteiger charge is 2.27. The summed E-state index contributed by atoms with van der Waals surface area (Å²) in [6.07, 6.45) is 3.43. The lowest BCUT2D eigenvalue weighted by Gasteiger charge is -2.23. The van der Waals surface area contributed by atoms with Gasteiger partial charge in [0.15, 0.2) is 0 Å². The molecular formula is C39H36N4O3. The largest absolute Gasteiger partial charge is 0.497 e. The van der Waals surface area contributed by atoms with Gasteiger partial charge >= 0.3 is 0 Å². The number of nitrogens with one attached hydrogen (secondary N) is 2. The maximum atomic E-state index is 6.13. The number of hydrogen-bond acceptors (Lipinski definition) is 5. The number of nitrogens with zero attached hydrogens (tertiary/aromatic N) is 2. The van der Waals surface area contributed by atoms with E-state index in [1.165, 1.54) is 27.5 Å². The molecule has 0 atom stereocenters. The third-order valence-corrected chi connectivity index (χ3v) is 9.34. The molecule has 0 bridgehead atoms. The highest BCUT2D eigenvalue weighted by Crippen LogP contribution is 2.37. The first kappa shape index (κ1) is 28.2. The van der Waals surface area contributed by atoms with Crippen LogP contribution in [0.2, 0.25) is 0 Å². The Labute approximate surface area is 268 Å². The Kier molecular flexibility index (Phi) is 7.29. The van der Waals surface area contributed by atoms with Crippen LogP contribution in [-0.2, 0) is 12.8 Å². The van der Waals surface area contributed by atoms with Crippen LogP contribution in [-0.4, -0.2) is 48.7 Å². The van der Waals surface area contributed by atoms with Gasteiger partial charge < -0.3 is 24.2 Å². The molecule has 0 unspecified atom stereocenters. The summed E-state index contributed by atoms with van der Waals surface area (Å²) in [4.78, 5) is 17.6. The quantitative estimate of drug-likeness (QED) is 0.173. The molecule has 8 rings (SSSR count). The summed E-state index contributed by atoms with van der Waals surface area (Å²) >= 11 is 0. The molecule has 46 heavy (non-hydrogen) atoms. The molecule has 0 radical (unpaired) electrons. The summed E-state index contributed by atoms with van der Waals surface area (Å²) in [6.45, 7) is 1.57. The van der Waals surface area contributed by atoms with E-state index in [2.05, 4.69) is 58.5 Å². The number of ether oxygens (including phenoxy) is 3. The molecule has 2 aromatic heterocycles. The molecule has 2 N–H and O–H groups in total. The van der Waals surface area contributed by atoms with E-state index in [0.29, 0.717) is 0 Å². The average Bonchev–Trinajstić information content (AvgIpc) is 3.67. The number of methoxy groups -OCH3 is 2. The van der Waals surface area contributed by atoms with Gasteiger partial charge in [0.1, 0.15) is 23.0 Å². The Morgan fingerprint density at radius 1 is 0.609 bits per heavy atom. The second kappa shape index (κ2) is 11.9. The number of H-pyrrole nitrogens is 2. The van der Waals surface area contributed by atoms with Gasteiger partial charge in [0.2, 0.25) is 0 Å². The van der Waals surface area contributed by atoms with Gasteiger partial charge in [-0.05, 0) is 96.8 Å². The van der Waals surface area contributed by atoms with Gasteiger partial charge in [0, 0.05) is 47.0 Å². The van der Waals surface area contributed by atoms with Crippen molar-refractivity contribution in [2.24, 2.45) is 9.98 Å². The SMILES string of the molecule is COc1ccc2c3c([nH]c2c1)C(CC(CC1=NCCc2c1[nH]c1cc(OC)ccc21)c1ccc(Oc2ccccc2)cc1)=NCC3. The monoisotopic (exact) mass is 608 g/mol. The molecule has 0 saturated carbocycles. The smallest absolute Gasteiger partial charge is 0.127 e. The predicted octanol–water partition coefficient (Wildman–Crippen LogP) is 8.41. The normalized spacial score (nSPS) is 14.2. The van der Waals surface area contributed by atoms with Crippen molar-refractivity contribution in [1.82, 2.24) is 9.97 Å². The number of hydrogen-bond donors (Lipinski definition) is 2. The molecule has 0 amide bonds. The Morgan fingerprint density at radius 2 is 1.11 bits per heavy atom. The van der Waals surface area contributed by atoms with Crippen LogP contribution >= 0.6 is 0 Å². The molecule has 0 fully saturated rings. The lowest BCUT2D eigenvalue weighted by atomic mass is 9.85. The minimum absolute atomic E-state index is 0.155. The molecule has 2 aliphatic rings. The molecule has 2 aliphatic heterocycles. The Morgan fingerprint density at radius 3 is 1.63 bits per heavy atom. The Bertz CT molecular complexity index is 1990. The summed E-state index contributed by atoms with van der Waals surface area (Å²) in [5.41, 5.74) is 10.6. The van der Waals surface area contributed by atoms with Gasteiger partial charge in [-0.15, -0.1) is 0 Å². The van der Waals surface area contributed by atoms with Crippen LogP contribution in [0.3, 0.4) is 0 Å². The number of rotatable bonds is 9. The molecule has 0 aliphatic carbocycles. The standard InChI is InChI=1S/C39H36N4O3/c1-44-28-12-14-30-32-16-18-40-36(38(32)42-34(30)22-28)20-25(24-8-10-27(11-9-24)46-26-6-4-3-5-7-26)21-37-39-33(17-19-41-37)31-15-13-29(45-2)23-35(31)43-39/h3-15,22-23,25,42-43H,16-21H2,1-2H3. The third-order valence-electron chi connectivity index (χ3n) is 9.34. The maximum Gasteiger partial charge on any atom is 0.127 e. The van der Waals surface area contributed by atoms with Crippen molar-refractivity contribution in [2.75, 3.05) is 27.3 Å². The van der Waals surface area contributed by atoms with Gasteiger partial charge in [0.25, 0.3) is 0 Å². The van der Waals surface area contributed by atoms with Crippen LogP contribution in [0.1, 0.15) is 46.8 Å². The molecule has 6 aromatic rings. The minimum Gasteiger partial charge on any atom is -0.497 e. The van der Waals surface area contributed by atoms with E-state index in [1.807, 2.05) is 42.5 Å². The van der Waals surface area contributed by atoms with Crippen LogP contribution in [0, 0.1) is 0 Å². The van der Waals surface area contributed by atoms with Crippen molar-refractivity contribution in [2.45, 2.75) is 31.6 Å². The summed E-state index contributed by atoms with van der Waals surface area (Å²) in [7, 11) is 3.42. The fraction of sp³-hybridized carbons (Fsp3) is 0.231. The van der Waals surface area contributed by atoms with Gasteiger partial charge in [-0.2, -0.15) is 0 Å². The van der Waals surface area contributed by atoms with Crippen LogP contribution in [0.4, 0.5) is 0 Å². The van der Waals surface area contributed by atoms with E-state index < -0.39 is 0 Å². The van der Waals surface area contributed by atoms with Crippen molar-refractivity contribution >= 4 is 33.2 Å². The van der Waals surface area contributed by atoms with Gasteiger partial charge in [-0.3, -0.25) is 9.98 Å². The zero-order chi connectivity index (χ0) is 31.0. The van der Waals surface area contributed by atoms with Gasteiger partial charge in [0.05, 0.1) is 37.0 Å². The minimum atomic E-state index is 0.155. The van der Waals surface area contributed by atoms with E-state index in [9.17, 15) is 0 Å². The van der Waals surface area contributed by atoms with E-state index in [4.69, 9.17) is 24.2 Å². The lowest BCUT2D eigenvalue weighted by molar-refractivity contribution is 0.415. The molecule has 7 nitrogen and oxygen atoms in total. The van der Waals surface area contributed by atoms with Crippen LogP contribution < -0.4 is 14.2 Å². The maximum absolute atomic E-state index is 6.13. The van der Waals surface area contributed by atoms with Crippen LogP contribution in [0.5, 0.6) is 23.0 Å². The number of benzene rings is 4. The second-order valence-electron chi connectivity index (χ2n) is 12.0. The molecule has 7 heteroatoms. The number of aromatic amines is 2. The Hall–Kier alpha value is -5.30. The van der Waals surface area contributed by atoms with Gasteiger partial charge in [-0.25, -0.2) is 0 Å². The van der Waals surface area contributed by atoms with Crippen LogP contribution in [0.15, 0.2) is 101 Å². The first-order valence-electron chi connectivity index (χ1n) is 15.9. The first-order valence-corrected chi connectivity index (χ1v) is 15.9. The van der Waals surface area contributed by atoms with Crippen molar-refractivity contribution in [3.8, 4) is 23.0 Å². The van der Waals surface area contributed by atoms with E-state index in [-0.39, 0.29) is 5.92 Å². The van der Waals surface area contributed by atoms with E-state index in [1.54, 1.807) is 14.2 Å². The average molecular weight is 609 g/mol. The molecule has 0 saturated heterocycles. The zero-order valence-corrected chi connectivity index (χ0v) is 26.1. The molecule has 0 spiro atoms. The highest BCUT2D eigenvalue weighted by atomic mass is 16.5. The second-order valence-corrected chi connectivity index (χ2v) is 12.0. The summed E-state index contributed by atoms with van der Waals surface area (Å²) in [5, 5.41) is 2.49. The van der Waals surface area contributed by atoms with E-state index in [0.717, 1.165) is 95.6 Å². The van der Waals surface area contributed by atoms with Crippen molar-refractivity contribution < 1.29 is 14.2 Å². The topological polar surface area (TPSA) is 84.0 Å². The Balaban J connectivity index is 1.15. The predicted molar refractivity (Wildman–Crippen MR) is 185 cm³/mol. The zero-order valence-electron chi connectivity index (χ0n) is 26.1. The third kappa shape index (κ3) is 5.21. The summed E-state index contributed by atoms with van der Waals surface area (Å²) in [5.74, 6) is 3.50. The van der Waals surface area contributed by atoms with Crippen molar-refractivity contribution in [1.29, 1.82) is 0 Å².